The molecule has 1 aliphatic heterocycles. The molecule has 1 aromatic carbocycles. The number of hydrogen-bond donors (Lipinski definition) is 3. The number of anilines is 3. The molecule has 0 radical (unpaired) electrons. The molecule has 208 valence electrons. The molecule has 10 nitrogen and oxygen atoms in total. The van der Waals surface area contributed by atoms with Crippen LogP contribution in [-0.4, -0.2) is 58.9 Å². The second-order valence-corrected chi connectivity index (χ2v) is 11.1. The van der Waals surface area contributed by atoms with Crippen LogP contribution in [0.3, 0.4) is 0 Å². The van der Waals surface area contributed by atoms with Crippen LogP contribution in [0.1, 0.15) is 20.3 Å². The summed E-state index contributed by atoms with van der Waals surface area (Å²) in [7, 11) is 3.14. The third-order valence-corrected chi connectivity index (χ3v) is 8.39. The van der Waals surface area contributed by atoms with Crippen LogP contribution >= 0.6 is 11.6 Å². The fourth-order valence-electron chi connectivity index (χ4n) is 5.37. The molecule has 39 heavy (non-hydrogen) atoms. The van der Waals surface area contributed by atoms with Gasteiger partial charge in [0.05, 0.1) is 11.7 Å². The van der Waals surface area contributed by atoms with Gasteiger partial charge in [-0.05, 0) is 43.5 Å². The molecule has 0 bridgehead atoms. The molecule has 4 N–H and O–H groups in total. The van der Waals surface area contributed by atoms with E-state index in [1.807, 2.05) is 24.0 Å². The fraction of sp³-hybridized carbons (Fsp3) is 0.481. The Bertz CT molecular complexity index is 1480. The van der Waals surface area contributed by atoms with E-state index in [1.54, 1.807) is 26.1 Å². The summed E-state index contributed by atoms with van der Waals surface area (Å²) in [5, 5.41) is 6.75. The lowest BCUT2D eigenvalue weighted by atomic mass is 9.74. The molecule has 2 fully saturated rings. The first-order chi connectivity index (χ1) is 18.5. The maximum atomic E-state index is 15.6. The van der Waals surface area contributed by atoms with Crippen LogP contribution in [0.4, 0.5) is 21.8 Å². The van der Waals surface area contributed by atoms with Crippen molar-refractivity contribution in [2.24, 2.45) is 30.5 Å². The molecule has 5 rings (SSSR count). The number of carbonyl (C=O) groups excluding carboxylic acids is 1. The summed E-state index contributed by atoms with van der Waals surface area (Å²) in [6.07, 6.45) is 2.37. The lowest BCUT2D eigenvalue weighted by molar-refractivity contribution is -0.122. The molecule has 0 spiro atoms. The van der Waals surface area contributed by atoms with Crippen molar-refractivity contribution in [1.29, 1.82) is 0 Å². The van der Waals surface area contributed by atoms with Gasteiger partial charge in [0, 0.05) is 56.1 Å². The highest BCUT2D eigenvalue weighted by Gasteiger charge is 2.54. The monoisotopic (exact) mass is 557 g/mol. The first kappa shape index (κ1) is 27.1. The Hall–Kier alpha value is -3.44. The first-order valence-corrected chi connectivity index (χ1v) is 13.3. The van der Waals surface area contributed by atoms with Crippen molar-refractivity contribution in [2.45, 2.75) is 32.0 Å². The maximum absolute atomic E-state index is 15.6. The van der Waals surface area contributed by atoms with Crippen LogP contribution < -0.4 is 31.6 Å². The molecular weight excluding hydrogens is 525 g/mol. The van der Waals surface area contributed by atoms with Crippen LogP contribution in [0.5, 0.6) is 5.75 Å². The zero-order chi connectivity index (χ0) is 28.1. The third-order valence-electron chi connectivity index (χ3n) is 8.11. The Morgan fingerprint density at radius 1 is 1.33 bits per heavy atom. The Kier molecular flexibility index (Phi) is 7.15. The number of likely N-dealkylation sites (N-methyl/N-ethyl adjacent to an activating group) is 1. The number of hydrogen-bond acceptors (Lipinski definition) is 8. The Balaban J connectivity index is 1.41. The summed E-state index contributed by atoms with van der Waals surface area (Å²) in [4.78, 5) is 35.4. The summed E-state index contributed by atoms with van der Waals surface area (Å²) in [5.41, 5.74) is 5.80. The molecule has 2 aromatic heterocycles. The number of benzene rings is 1. The summed E-state index contributed by atoms with van der Waals surface area (Å²) >= 11 is 6.46. The van der Waals surface area contributed by atoms with E-state index < -0.39 is 5.67 Å². The van der Waals surface area contributed by atoms with E-state index >= 15 is 4.39 Å². The van der Waals surface area contributed by atoms with Crippen LogP contribution in [0, 0.1) is 17.8 Å². The van der Waals surface area contributed by atoms with Crippen LogP contribution in [0.25, 0.3) is 10.9 Å². The van der Waals surface area contributed by atoms with Crippen molar-refractivity contribution in [3.8, 4) is 5.75 Å². The predicted molar refractivity (Wildman–Crippen MR) is 150 cm³/mol. The van der Waals surface area contributed by atoms with Crippen LogP contribution in [0.15, 0.2) is 35.3 Å². The number of halogens is 2. The fourth-order valence-corrected chi connectivity index (χ4v) is 5.50. The normalized spacial score (nSPS) is 26.4. The Labute approximate surface area is 230 Å². The van der Waals surface area contributed by atoms with Gasteiger partial charge in [0.25, 0.3) is 11.5 Å². The second-order valence-electron chi connectivity index (χ2n) is 10.7. The van der Waals surface area contributed by atoms with Crippen molar-refractivity contribution < 1.29 is 13.9 Å². The highest BCUT2D eigenvalue weighted by Crippen LogP contribution is 2.48. The molecule has 3 aromatic rings. The topological polar surface area (TPSA) is 127 Å². The minimum absolute atomic E-state index is 0.0442. The molecule has 1 saturated heterocycles. The largest absolute Gasteiger partial charge is 0.478 e. The van der Waals surface area contributed by atoms with E-state index in [2.05, 4.69) is 20.6 Å². The van der Waals surface area contributed by atoms with E-state index in [-0.39, 0.29) is 47.6 Å². The average Bonchev–Trinajstić information content (AvgIpc) is 3.63. The zero-order valence-electron chi connectivity index (χ0n) is 22.4. The minimum Gasteiger partial charge on any atom is -0.478 e. The van der Waals surface area contributed by atoms with E-state index in [0.717, 1.165) is 11.8 Å². The van der Waals surface area contributed by atoms with E-state index in [4.69, 9.17) is 22.1 Å². The van der Waals surface area contributed by atoms with Gasteiger partial charge in [0.15, 0.2) is 18.2 Å². The third kappa shape index (κ3) is 5.25. The van der Waals surface area contributed by atoms with Crippen LogP contribution in [-0.2, 0) is 11.8 Å². The number of nitrogens with zero attached hydrogens (tertiary/aromatic N) is 4. The Morgan fingerprint density at radius 2 is 2.08 bits per heavy atom. The van der Waals surface area contributed by atoms with Crippen molar-refractivity contribution in [1.82, 2.24) is 19.9 Å². The number of nitrogens with two attached hydrogens (primary N) is 1. The van der Waals surface area contributed by atoms with Crippen molar-refractivity contribution >= 4 is 45.9 Å². The van der Waals surface area contributed by atoms with Gasteiger partial charge >= 0.3 is 0 Å². The number of fused-ring (bicyclic) bond motifs is 1. The van der Waals surface area contributed by atoms with Gasteiger partial charge in [-0.1, -0.05) is 18.5 Å². The number of ether oxygens (including phenoxy) is 1. The van der Waals surface area contributed by atoms with Crippen LogP contribution in [0.2, 0.25) is 5.02 Å². The van der Waals surface area contributed by atoms with Gasteiger partial charge in [-0.3, -0.25) is 9.59 Å². The number of rotatable bonds is 7. The number of pyridine rings is 1. The number of aryl methyl sites for hydroxylation is 1. The van der Waals surface area contributed by atoms with E-state index in [0.29, 0.717) is 41.1 Å². The van der Waals surface area contributed by atoms with Crippen molar-refractivity contribution in [3.05, 3.63) is 45.8 Å². The molecular formula is C27H33ClFN7O3. The molecule has 5 unspecified atom stereocenters. The molecule has 1 saturated carbocycles. The standard InChI is InChI=1S/C27H33ClFN7O3/c1-14-11-36(12-18(27(14,2)29)17-9-20(17)30)26-32-10-19(28)24(34-26)33-16-5-6-21-15(7-16)8-22(25(38)35(21)4)39-13-23(37)31-3/h5-8,10,14,17-18,20H,9,11-13,30H2,1-4H3,(H,31,37)(H,32,33,34). The van der Waals surface area contributed by atoms with Gasteiger partial charge in [-0.25, -0.2) is 9.37 Å². The molecule has 3 heterocycles. The summed E-state index contributed by atoms with van der Waals surface area (Å²) in [6, 6.07) is 7.09. The number of carbonyl (C=O) groups is 1. The number of nitrogens with one attached hydrogen (secondary N) is 2. The van der Waals surface area contributed by atoms with Gasteiger partial charge < -0.3 is 30.6 Å². The van der Waals surface area contributed by atoms with Gasteiger partial charge in [-0.2, -0.15) is 4.98 Å². The zero-order valence-corrected chi connectivity index (χ0v) is 23.1. The molecule has 5 atom stereocenters. The van der Waals surface area contributed by atoms with Crippen molar-refractivity contribution in [3.63, 3.8) is 0 Å². The van der Waals surface area contributed by atoms with Gasteiger partial charge in [-0.15, -0.1) is 0 Å². The number of aromatic nitrogens is 3. The molecule has 1 amide bonds. The molecule has 2 aliphatic rings. The summed E-state index contributed by atoms with van der Waals surface area (Å²) in [5.74, 6) is 0.350. The summed E-state index contributed by atoms with van der Waals surface area (Å²) < 4.78 is 22.5. The predicted octanol–water partition coefficient (Wildman–Crippen LogP) is 3.00. The smallest absolute Gasteiger partial charge is 0.293 e. The molecule has 1 aliphatic carbocycles. The lowest BCUT2D eigenvalue weighted by Crippen LogP contribution is -2.55. The highest BCUT2D eigenvalue weighted by atomic mass is 35.5. The van der Waals surface area contributed by atoms with Crippen molar-refractivity contribution in [2.75, 3.05) is 37.0 Å². The Morgan fingerprint density at radius 3 is 2.77 bits per heavy atom. The maximum Gasteiger partial charge on any atom is 0.293 e. The van der Waals surface area contributed by atoms with E-state index in [1.165, 1.54) is 17.8 Å². The quantitative estimate of drug-likeness (QED) is 0.404. The number of piperidine rings is 1. The molecule has 12 heteroatoms. The number of alkyl halides is 1. The number of amides is 1. The van der Waals surface area contributed by atoms with E-state index in [9.17, 15) is 9.59 Å². The highest BCUT2D eigenvalue weighted by molar-refractivity contribution is 6.32. The second kappa shape index (κ2) is 10.3. The average molecular weight is 558 g/mol. The lowest BCUT2D eigenvalue weighted by Gasteiger charge is -2.45. The van der Waals surface area contributed by atoms with Gasteiger partial charge in [0.2, 0.25) is 5.95 Å². The minimum atomic E-state index is -1.31. The van der Waals surface area contributed by atoms with Gasteiger partial charge in [0.1, 0.15) is 10.7 Å². The SMILES string of the molecule is CNC(=O)COc1cc2cc(Nc3nc(N4CC(C)C(C)(F)C(C5CC5N)C4)ncc3Cl)ccc2n(C)c1=O. The first-order valence-electron chi connectivity index (χ1n) is 13.0. The summed E-state index contributed by atoms with van der Waals surface area (Å²) in [6.45, 7) is 4.30.